The third kappa shape index (κ3) is 8.81. The second-order valence-electron chi connectivity index (χ2n) is 6.72. The van der Waals surface area contributed by atoms with E-state index in [9.17, 15) is 18.0 Å². The number of halogens is 3. The van der Waals surface area contributed by atoms with Crippen LogP contribution in [0.15, 0.2) is 4.99 Å². The van der Waals surface area contributed by atoms with E-state index >= 15 is 0 Å². The van der Waals surface area contributed by atoms with Crippen LogP contribution in [-0.2, 0) is 9.53 Å². The number of methoxy groups -OCH3 is 1. The molecule has 0 bridgehead atoms. The molecule has 0 amide bonds. The minimum absolute atomic E-state index is 0.179. The fourth-order valence-corrected chi connectivity index (χ4v) is 2.98. The Morgan fingerprint density at radius 2 is 1.78 bits per heavy atom. The van der Waals surface area contributed by atoms with Crippen LogP contribution in [-0.4, -0.2) is 80.3 Å². The molecule has 0 aromatic rings. The minimum atomic E-state index is -4.19. The van der Waals surface area contributed by atoms with Crippen LogP contribution in [0, 0.1) is 0 Å². The summed E-state index contributed by atoms with van der Waals surface area (Å²) in [4.78, 5) is 19.1. The molecule has 0 saturated carbocycles. The van der Waals surface area contributed by atoms with Crippen molar-refractivity contribution in [2.45, 2.75) is 58.2 Å². The number of ether oxygens (including phenoxy) is 1. The number of alkyl halides is 3. The largest absolute Gasteiger partial charge is 0.469 e. The summed E-state index contributed by atoms with van der Waals surface area (Å²) in [6.07, 6.45) is -0.0689. The first-order valence-corrected chi connectivity index (χ1v) is 9.70. The van der Waals surface area contributed by atoms with E-state index in [1.54, 1.807) is 0 Å². The predicted molar refractivity (Wildman–Crippen MR) is 99.7 cm³/mol. The van der Waals surface area contributed by atoms with Crippen molar-refractivity contribution in [3.8, 4) is 0 Å². The SMILES string of the molecule is CCNC(=NCCCCCCC(=O)OC)N1CCN(C(C)C(F)(F)F)CC1. The lowest BCUT2D eigenvalue weighted by molar-refractivity contribution is -0.181. The van der Waals surface area contributed by atoms with Gasteiger partial charge in [0.25, 0.3) is 0 Å². The van der Waals surface area contributed by atoms with E-state index in [1.165, 1.54) is 18.9 Å². The highest BCUT2D eigenvalue weighted by atomic mass is 19.4. The Labute approximate surface area is 160 Å². The van der Waals surface area contributed by atoms with Crippen molar-refractivity contribution >= 4 is 11.9 Å². The van der Waals surface area contributed by atoms with Crippen LogP contribution >= 0.6 is 0 Å². The van der Waals surface area contributed by atoms with E-state index in [-0.39, 0.29) is 5.97 Å². The lowest BCUT2D eigenvalue weighted by Crippen LogP contribution is -2.56. The second-order valence-corrected chi connectivity index (χ2v) is 6.72. The molecule has 1 fully saturated rings. The maximum absolute atomic E-state index is 12.9. The average molecular weight is 394 g/mol. The van der Waals surface area contributed by atoms with Gasteiger partial charge in [-0.3, -0.25) is 14.7 Å². The molecule has 1 N–H and O–H groups in total. The molecule has 1 aliphatic heterocycles. The number of carbonyl (C=O) groups is 1. The standard InChI is InChI=1S/C18H33F3N4O2/c1-4-22-17(23-10-8-6-5-7-9-16(26)27-3)25-13-11-24(12-14-25)15(2)18(19,20)21/h15H,4-14H2,1-3H3,(H,22,23). The van der Waals surface area contributed by atoms with Crippen LogP contribution in [0.3, 0.4) is 0 Å². The fourth-order valence-electron chi connectivity index (χ4n) is 2.98. The summed E-state index contributed by atoms with van der Waals surface area (Å²) >= 11 is 0. The number of nitrogens with zero attached hydrogens (tertiary/aromatic N) is 3. The number of nitrogens with one attached hydrogen (secondary N) is 1. The number of esters is 1. The summed E-state index contributed by atoms with van der Waals surface area (Å²) < 4.78 is 43.2. The van der Waals surface area contributed by atoms with Gasteiger partial charge < -0.3 is 15.0 Å². The van der Waals surface area contributed by atoms with Crippen LogP contribution in [0.4, 0.5) is 13.2 Å². The third-order valence-electron chi connectivity index (χ3n) is 4.75. The van der Waals surface area contributed by atoms with Crippen molar-refractivity contribution in [3.63, 3.8) is 0 Å². The summed E-state index contributed by atoms with van der Waals surface area (Å²) in [6.45, 7) is 6.39. The highest BCUT2D eigenvalue weighted by molar-refractivity contribution is 5.80. The zero-order valence-corrected chi connectivity index (χ0v) is 16.6. The summed E-state index contributed by atoms with van der Waals surface area (Å²) in [5.74, 6) is 0.591. The molecule has 1 rings (SSSR count). The van der Waals surface area contributed by atoms with Crippen LogP contribution in [0.25, 0.3) is 0 Å². The molecule has 0 aromatic carbocycles. The van der Waals surface area contributed by atoms with Gasteiger partial charge in [-0.2, -0.15) is 13.2 Å². The van der Waals surface area contributed by atoms with Gasteiger partial charge in [-0.1, -0.05) is 12.8 Å². The van der Waals surface area contributed by atoms with Crippen LogP contribution < -0.4 is 5.32 Å². The molecule has 1 atom stereocenters. The number of hydrogen-bond acceptors (Lipinski definition) is 4. The summed E-state index contributed by atoms with van der Waals surface area (Å²) in [5.41, 5.74) is 0. The van der Waals surface area contributed by atoms with Gasteiger partial charge in [0, 0.05) is 45.7 Å². The van der Waals surface area contributed by atoms with Gasteiger partial charge in [-0.25, -0.2) is 0 Å². The van der Waals surface area contributed by atoms with Crippen LogP contribution in [0.2, 0.25) is 0 Å². The first-order valence-electron chi connectivity index (χ1n) is 9.70. The molecule has 1 aliphatic rings. The van der Waals surface area contributed by atoms with Crippen molar-refractivity contribution in [2.24, 2.45) is 4.99 Å². The molecule has 1 unspecified atom stereocenters. The van der Waals surface area contributed by atoms with Crippen molar-refractivity contribution in [1.29, 1.82) is 0 Å². The number of rotatable bonds is 9. The molecule has 0 spiro atoms. The molecule has 1 saturated heterocycles. The quantitative estimate of drug-likeness (QED) is 0.282. The van der Waals surface area contributed by atoms with Crippen molar-refractivity contribution in [3.05, 3.63) is 0 Å². The lowest BCUT2D eigenvalue weighted by Gasteiger charge is -2.39. The van der Waals surface area contributed by atoms with Crippen LogP contribution in [0.5, 0.6) is 0 Å². The number of aliphatic imine (C=N–C) groups is 1. The summed E-state index contributed by atoms with van der Waals surface area (Å²) in [5, 5.41) is 3.23. The Balaban J connectivity index is 2.36. The molecule has 0 aromatic heterocycles. The second kappa shape index (κ2) is 12.0. The van der Waals surface area contributed by atoms with E-state index in [0.29, 0.717) is 39.1 Å². The number of piperazine rings is 1. The van der Waals surface area contributed by atoms with Gasteiger partial charge in [0.2, 0.25) is 0 Å². The minimum Gasteiger partial charge on any atom is -0.469 e. The van der Waals surface area contributed by atoms with E-state index < -0.39 is 12.2 Å². The predicted octanol–water partition coefficient (Wildman–Crippen LogP) is 2.64. The monoisotopic (exact) mass is 394 g/mol. The lowest BCUT2D eigenvalue weighted by atomic mass is 10.1. The Kier molecular flexibility index (Phi) is 10.5. The molecule has 0 radical (unpaired) electrons. The van der Waals surface area contributed by atoms with Crippen molar-refractivity contribution < 1.29 is 22.7 Å². The maximum atomic E-state index is 12.9. The molecule has 0 aliphatic carbocycles. The molecular formula is C18H33F3N4O2. The average Bonchev–Trinajstić information content (AvgIpc) is 2.65. The topological polar surface area (TPSA) is 57.2 Å². The van der Waals surface area contributed by atoms with E-state index in [0.717, 1.165) is 38.2 Å². The van der Waals surface area contributed by atoms with Gasteiger partial charge in [0.1, 0.15) is 6.04 Å². The summed E-state index contributed by atoms with van der Waals surface area (Å²) in [6, 6.07) is -1.41. The Bertz CT molecular complexity index is 464. The molecule has 158 valence electrons. The van der Waals surface area contributed by atoms with Gasteiger partial charge in [0.05, 0.1) is 7.11 Å². The number of carbonyl (C=O) groups excluding carboxylic acids is 1. The smallest absolute Gasteiger partial charge is 0.403 e. The van der Waals surface area contributed by atoms with E-state index in [1.807, 2.05) is 11.8 Å². The summed E-state index contributed by atoms with van der Waals surface area (Å²) in [7, 11) is 1.39. The van der Waals surface area contributed by atoms with Crippen LogP contribution in [0.1, 0.15) is 46.0 Å². The number of hydrogen-bond donors (Lipinski definition) is 1. The Morgan fingerprint density at radius 1 is 1.15 bits per heavy atom. The molecule has 1 heterocycles. The zero-order valence-electron chi connectivity index (χ0n) is 16.6. The molecule has 9 heteroatoms. The first kappa shape index (κ1) is 23.5. The molecule has 27 heavy (non-hydrogen) atoms. The van der Waals surface area contributed by atoms with Gasteiger partial charge >= 0.3 is 12.1 Å². The van der Waals surface area contributed by atoms with E-state index in [2.05, 4.69) is 15.0 Å². The van der Waals surface area contributed by atoms with E-state index in [4.69, 9.17) is 0 Å². The first-order chi connectivity index (χ1) is 12.8. The highest BCUT2D eigenvalue weighted by Crippen LogP contribution is 2.25. The van der Waals surface area contributed by atoms with Gasteiger partial charge in [0.15, 0.2) is 5.96 Å². The molecule has 6 nitrogen and oxygen atoms in total. The van der Waals surface area contributed by atoms with Gasteiger partial charge in [-0.15, -0.1) is 0 Å². The number of guanidine groups is 1. The number of unbranched alkanes of at least 4 members (excludes halogenated alkanes) is 3. The third-order valence-corrected chi connectivity index (χ3v) is 4.75. The maximum Gasteiger partial charge on any atom is 0.403 e. The highest BCUT2D eigenvalue weighted by Gasteiger charge is 2.41. The van der Waals surface area contributed by atoms with Gasteiger partial charge in [-0.05, 0) is 26.7 Å². The van der Waals surface area contributed by atoms with Crippen molar-refractivity contribution in [1.82, 2.24) is 15.1 Å². The van der Waals surface area contributed by atoms with Crippen molar-refractivity contribution in [2.75, 3.05) is 46.4 Å². The fraction of sp³-hybridized carbons (Fsp3) is 0.889. The Morgan fingerprint density at radius 3 is 2.33 bits per heavy atom. The normalized spacial score (nSPS) is 17.7. The zero-order chi connectivity index (χ0) is 20.3. The molecular weight excluding hydrogens is 361 g/mol. The Hall–Kier alpha value is -1.51.